The van der Waals surface area contributed by atoms with Crippen LogP contribution in [0.15, 0.2) is 0 Å². The number of carbonyl (C=O) groups excluding carboxylic acids is 1. The molecule has 1 saturated carbocycles. The van der Waals surface area contributed by atoms with Crippen LogP contribution in [0.3, 0.4) is 0 Å². The van der Waals surface area contributed by atoms with Crippen molar-refractivity contribution < 1.29 is 23.4 Å². The lowest BCUT2D eigenvalue weighted by Gasteiger charge is -2.36. The van der Waals surface area contributed by atoms with Crippen LogP contribution in [0.2, 0.25) is 0 Å². The van der Waals surface area contributed by atoms with Gasteiger partial charge in [-0.3, -0.25) is 4.79 Å². The van der Waals surface area contributed by atoms with Crippen molar-refractivity contribution in [3.05, 3.63) is 0 Å². The zero-order valence-electron chi connectivity index (χ0n) is 11.7. The predicted molar refractivity (Wildman–Crippen MR) is 69.5 cm³/mol. The number of carbonyl (C=O) groups is 1. The van der Waals surface area contributed by atoms with E-state index in [1.54, 1.807) is 0 Å². The standard InChI is InChI=1S/C14H23F2NO3/c15-14(16)3-1-11(2-4-14)12(19)17-9-13(10-18)5-7-20-8-6-13/h11,18H,1-10H2,(H,17,19). The molecule has 0 aromatic rings. The molecule has 0 aromatic heterocycles. The van der Waals surface area contributed by atoms with Gasteiger partial charge in [-0.25, -0.2) is 8.78 Å². The molecule has 1 saturated heterocycles. The van der Waals surface area contributed by atoms with Gasteiger partial charge in [-0.05, 0) is 25.7 Å². The van der Waals surface area contributed by atoms with Gasteiger partial charge in [0.1, 0.15) is 0 Å². The number of alkyl halides is 2. The quantitative estimate of drug-likeness (QED) is 0.829. The number of aliphatic hydroxyl groups is 1. The Balaban J connectivity index is 1.80. The fraction of sp³-hybridized carbons (Fsp3) is 0.929. The lowest BCUT2D eigenvalue weighted by atomic mass is 9.80. The Kier molecular flexibility index (Phi) is 4.96. The summed E-state index contributed by atoms with van der Waals surface area (Å²) in [5, 5.41) is 12.4. The summed E-state index contributed by atoms with van der Waals surface area (Å²) in [4.78, 5) is 12.0. The molecule has 116 valence electrons. The monoisotopic (exact) mass is 291 g/mol. The van der Waals surface area contributed by atoms with Gasteiger partial charge in [-0.15, -0.1) is 0 Å². The second kappa shape index (κ2) is 6.35. The third-order valence-electron chi connectivity index (χ3n) is 4.61. The zero-order chi connectivity index (χ0) is 14.6. The van der Waals surface area contributed by atoms with Gasteiger partial charge >= 0.3 is 0 Å². The summed E-state index contributed by atoms with van der Waals surface area (Å²) in [5.74, 6) is -3.07. The first-order valence-corrected chi connectivity index (χ1v) is 7.31. The summed E-state index contributed by atoms with van der Waals surface area (Å²) in [7, 11) is 0. The molecule has 0 bridgehead atoms. The lowest BCUT2D eigenvalue weighted by molar-refractivity contribution is -0.130. The van der Waals surface area contributed by atoms with Gasteiger partial charge in [0.05, 0.1) is 6.61 Å². The molecule has 2 rings (SSSR count). The van der Waals surface area contributed by atoms with Crippen molar-refractivity contribution in [2.75, 3.05) is 26.4 Å². The normalized spacial score (nSPS) is 26.1. The molecule has 0 unspecified atom stereocenters. The summed E-state index contributed by atoms with van der Waals surface area (Å²) in [6, 6.07) is 0. The zero-order valence-corrected chi connectivity index (χ0v) is 11.7. The average molecular weight is 291 g/mol. The smallest absolute Gasteiger partial charge is 0.248 e. The minimum absolute atomic E-state index is 0.0133. The second-order valence-corrected chi connectivity index (χ2v) is 6.12. The van der Waals surface area contributed by atoms with E-state index >= 15 is 0 Å². The number of aliphatic hydroxyl groups excluding tert-OH is 1. The number of hydrogen-bond donors (Lipinski definition) is 2. The molecule has 1 aliphatic heterocycles. The van der Waals surface area contributed by atoms with Gasteiger partial charge in [0.2, 0.25) is 11.8 Å². The van der Waals surface area contributed by atoms with Crippen molar-refractivity contribution in [3.8, 4) is 0 Å². The van der Waals surface area contributed by atoms with Crippen molar-refractivity contribution >= 4 is 5.91 Å². The lowest BCUT2D eigenvalue weighted by Crippen LogP contribution is -2.46. The molecule has 2 aliphatic rings. The van der Waals surface area contributed by atoms with Gasteiger partial charge < -0.3 is 15.2 Å². The molecule has 2 N–H and O–H groups in total. The molecule has 1 heterocycles. The third kappa shape index (κ3) is 3.88. The Labute approximate surface area is 117 Å². The molecular weight excluding hydrogens is 268 g/mol. The minimum Gasteiger partial charge on any atom is -0.396 e. The highest BCUT2D eigenvalue weighted by Gasteiger charge is 2.38. The molecule has 1 aliphatic carbocycles. The summed E-state index contributed by atoms with van der Waals surface area (Å²) in [6.07, 6.45) is 1.51. The largest absolute Gasteiger partial charge is 0.396 e. The Morgan fingerprint density at radius 1 is 1.20 bits per heavy atom. The highest BCUT2D eigenvalue weighted by molar-refractivity contribution is 5.78. The second-order valence-electron chi connectivity index (χ2n) is 6.12. The van der Waals surface area contributed by atoms with Gasteiger partial charge in [0.25, 0.3) is 0 Å². The third-order valence-corrected chi connectivity index (χ3v) is 4.61. The van der Waals surface area contributed by atoms with E-state index in [-0.39, 0.29) is 49.5 Å². The molecule has 0 aromatic carbocycles. The summed E-state index contributed by atoms with van der Waals surface area (Å²) in [5.41, 5.74) is -0.313. The SMILES string of the molecule is O=C(NCC1(CO)CCOCC1)C1CCC(F)(F)CC1. The van der Waals surface area contributed by atoms with Gasteiger partial charge in [0, 0.05) is 43.9 Å². The van der Waals surface area contributed by atoms with E-state index in [9.17, 15) is 18.7 Å². The van der Waals surface area contributed by atoms with Crippen molar-refractivity contribution in [1.29, 1.82) is 0 Å². The fourth-order valence-corrected chi connectivity index (χ4v) is 2.92. The van der Waals surface area contributed by atoms with E-state index in [1.807, 2.05) is 0 Å². The highest BCUT2D eigenvalue weighted by atomic mass is 19.3. The van der Waals surface area contributed by atoms with Crippen molar-refractivity contribution in [2.45, 2.75) is 44.4 Å². The summed E-state index contributed by atoms with van der Waals surface area (Å²) < 4.78 is 31.4. The van der Waals surface area contributed by atoms with E-state index < -0.39 is 5.92 Å². The van der Waals surface area contributed by atoms with Crippen LogP contribution in [-0.2, 0) is 9.53 Å². The maximum absolute atomic E-state index is 13.1. The van der Waals surface area contributed by atoms with Gasteiger partial charge in [-0.2, -0.15) is 0 Å². The van der Waals surface area contributed by atoms with E-state index in [4.69, 9.17) is 4.74 Å². The van der Waals surface area contributed by atoms with Crippen LogP contribution in [0.5, 0.6) is 0 Å². The average Bonchev–Trinajstić information content (AvgIpc) is 2.46. The van der Waals surface area contributed by atoms with Crippen LogP contribution >= 0.6 is 0 Å². The summed E-state index contributed by atoms with van der Waals surface area (Å²) in [6.45, 7) is 1.59. The fourth-order valence-electron chi connectivity index (χ4n) is 2.92. The number of rotatable bonds is 4. The molecular formula is C14H23F2NO3. The van der Waals surface area contributed by atoms with Crippen LogP contribution < -0.4 is 5.32 Å². The molecule has 2 fully saturated rings. The highest BCUT2D eigenvalue weighted by Crippen LogP contribution is 2.36. The summed E-state index contributed by atoms with van der Waals surface area (Å²) >= 11 is 0. The predicted octanol–water partition coefficient (Wildman–Crippen LogP) is 1.72. The molecule has 1 amide bonds. The first kappa shape index (κ1) is 15.6. The van der Waals surface area contributed by atoms with Crippen LogP contribution in [0.4, 0.5) is 8.78 Å². The van der Waals surface area contributed by atoms with Gasteiger partial charge in [-0.1, -0.05) is 0 Å². The van der Waals surface area contributed by atoms with Crippen molar-refractivity contribution in [3.63, 3.8) is 0 Å². The first-order valence-electron chi connectivity index (χ1n) is 7.31. The number of amides is 1. The number of ether oxygens (including phenoxy) is 1. The molecule has 4 nitrogen and oxygen atoms in total. The van der Waals surface area contributed by atoms with Crippen molar-refractivity contribution in [1.82, 2.24) is 5.32 Å². The maximum atomic E-state index is 13.1. The molecule has 6 heteroatoms. The number of hydrogen-bond acceptors (Lipinski definition) is 3. The van der Waals surface area contributed by atoms with Crippen molar-refractivity contribution in [2.24, 2.45) is 11.3 Å². The Hall–Kier alpha value is -0.750. The number of nitrogens with one attached hydrogen (secondary N) is 1. The van der Waals surface area contributed by atoms with Crippen LogP contribution in [0.1, 0.15) is 38.5 Å². The van der Waals surface area contributed by atoms with Crippen LogP contribution in [0, 0.1) is 11.3 Å². The topological polar surface area (TPSA) is 58.6 Å². The Morgan fingerprint density at radius 2 is 1.80 bits per heavy atom. The van der Waals surface area contributed by atoms with Crippen LogP contribution in [-0.4, -0.2) is 43.3 Å². The molecule has 20 heavy (non-hydrogen) atoms. The Morgan fingerprint density at radius 3 is 2.35 bits per heavy atom. The molecule has 0 radical (unpaired) electrons. The van der Waals surface area contributed by atoms with E-state index in [0.29, 0.717) is 32.6 Å². The first-order chi connectivity index (χ1) is 9.46. The molecule has 0 spiro atoms. The van der Waals surface area contributed by atoms with E-state index in [2.05, 4.69) is 5.32 Å². The van der Waals surface area contributed by atoms with Gasteiger partial charge in [0.15, 0.2) is 0 Å². The van der Waals surface area contributed by atoms with E-state index in [0.717, 1.165) is 0 Å². The van der Waals surface area contributed by atoms with E-state index in [1.165, 1.54) is 0 Å². The maximum Gasteiger partial charge on any atom is 0.248 e. The minimum atomic E-state index is -2.61. The Bertz CT molecular complexity index is 333. The number of halogens is 2. The van der Waals surface area contributed by atoms with Crippen LogP contribution in [0.25, 0.3) is 0 Å². The molecule has 0 atom stereocenters.